The molecule has 0 aromatic heterocycles. The third-order valence-electron chi connectivity index (χ3n) is 5.75. The third kappa shape index (κ3) is 7.61. The summed E-state index contributed by atoms with van der Waals surface area (Å²) in [5, 5.41) is 7.59. The molecule has 3 aromatic carbocycles. The summed E-state index contributed by atoms with van der Waals surface area (Å²) >= 11 is 4.30. The lowest BCUT2D eigenvalue weighted by atomic mass is 10.0. The first-order valence-corrected chi connectivity index (χ1v) is 13.0. The van der Waals surface area contributed by atoms with Crippen molar-refractivity contribution in [3.8, 4) is 0 Å². The number of rotatable bonds is 9. The highest BCUT2D eigenvalue weighted by atomic mass is 32.1. The van der Waals surface area contributed by atoms with Crippen LogP contribution >= 0.6 is 12.6 Å². The molecule has 0 saturated heterocycles. The molecule has 8 heteroatoms. The minimum Gasteiger partial charge on any atom is -0.444 e. The fourth-order valence-electron chi connectivity index (χ4n) is 4.00. The number of carbonyl (C=O) groups excluding carboxylic acids is 3. The van der Waals surface area contributed by atoms with Crippen molar-refractivity contribution in [3.05, 3.63) is 90.5 Å². The minimum atomic E-state index is -1.02. The fraction of sp³-hybridized carbons (Fsp3) is 0.300. The molecule has 2 N–H and O–H groups in total. The van der Waals surface area contributed by atoms with Gasteiger partial charge in [-0.15, -0.1) is 6.58 Å². The van der Waals surface area contributed by atoms with E-state index in [4.69, 9.17) is 4.74 Å². The molecule has 0 aliphatic heterocycles. The van der Waals surface area contributed by atoms with Gasteiger partial charge in [0.25, 0.3) is 5.91 Å². The first-order valence-electron chi connectivity index (χ1n) is 12.4. The van der Waals surface area contributed by atoms with Crippen LogP contribution in [0, 0.1) is 6.92 Å². The maximum atomic E-state index is 13.8. The van der Waals surface area contributed by atoms with Crippen LogP contribution < -0.4 is 10.6 Å². The van der Waals surface area contributed by atoms with Gasteiger partial charge in [-0.25, -0.2) is 4.79 Å². The van der Waals surface area contributed by atoms with Gasteiger partial charge in [-0.05, 0) is 56.2 Å². The summed E-state index contributed by atoms with van der Waals surface area (Å²) < 4.78 is 5.33. The quantitative estimate of drug-likeness (QED) is 0.244. The van der Waals surface area contributed by atoms with Crippen LogP contribution in [0.15, 0.2) is 79.4 Å². The minimum absolute atomic E-state index is 0.0125. The fourth-order valence-corrected chi connectivity index (χ4v) is 4.24. The number of aryl methyl sites for hydroxylation is 1. The van der Waals surface area contributed by atoms with Crippen LogP contribution in [0.1, 0.15) is 37.9 Å². The van der Waals surface area contributed by atoms with Crippen LogP contribution in [0.5, 0.6) is 0 Å². The topological polar surface area (TPSA) is 87.7 Å². The van der Waals surface area contributed by atoms with E-state index in [0.717, 1.165) is 16.3 Å². The summed E-state index contributed by atoms with van der Waals surface area (Å²) in [6, 6.07) is 18.9. The maximum absolute atomic E-state index is 13.8. The molecular weight excluding hydrogens is 498 g/mol. The van der Waals surface area contributed by atoms with Gasteiger partial charge in [-0.2, -0.15) is 12.6 Å². The number of nitrogens with zero attached hydrogens (tertiary/aromatic N) is 1. The molecule has 200 valence electrons. The van der Waals surface area contributed by atoms with E-state index in [2.05, 4.69) is 29.8 Å². The molecule has 3 aromatic rings. The number of anilines is 1. The van der Waals surface area contributed by atoms with E-state index in [1.54, 1.807) is 26.8 Å². The van der Waals surface area contributed by atoms with E-state index >= 15 is 0 Å². The standard InChI is InChI=1S/C30H35N3O4S/c1-6-17-33(28(35)25(19-38)32-29(36)37-30(3,4)5)26(22-13-11-20(2)12-14-22)27(34)31-24-16-15-21-9-7-8-10-23(21)18-24/h6-16,18,25-26,38H,1,17,19H2,2-5H3,(H,31,34)(H,32,36). The number of ether oxygens (including phenoxy) is 1. The van der Waals surface area contributed by atoms with Gasteiger partial charge in [0.05, 0.1) is 0 Å². The number of thiol groups is 1. The summed E-state index contributed by atoms with van der Waals surface area (Å²) in [6.07, 6.45) is 0.807. The van der Waals surface area contributed by atoms with Gasteiger partial charge in [0.15, 0.2) is 0 Å². The highest BCUT2D eigenvalue weighted by Crippen LogP contribution is 2.26. The Balaban J connectivity index is 1.95. The molecule has 0 aliphatic carbocycles. The molecular formula is C30H35N3O4S. The monoisotopic (exact) mass is 533 g/mol. The van der Waals surface area contributed by atoms with Crippen molar-refractivity contribution in [1.82, 2.24) is 10.2 Å². The van der Waals surface area contributed by atoms with Gasteiger partial charge in [0, 0.05) is 18.0 Å². The van der Waals surface area contributed by atoms with Gasteiger partial charge in [0.2, 0.25) is 5.91 Å². The molecule has 0 fully saturated rings. The normalized spacial score (nSPS) is 12.8. The number of benzene rings is 3. The molecule has 0 radical (unpaired) electrons. The summed E-state index contributed by atoms with van der Waals surface area (Å²) in [5.74, 6) is -0.863. The van der Waals surface area contributed by atoms with Crippen LogP contribution in [0.25, 0.3) is 10.8 Å². The molecule has 0 saturated carbocycles. The molecule has 0 heterocycles. The van der Waals surface area contributed by atoms with E-state index in [9.17, 15) is 14.4 Å². The molecule has 2 atom stereocenters. The molecule has 2 unspecified atom stereocenters. The van der Waals surface area contributed by atoms with E-state index in [1.165, 1.54) is 4.90 Å². The lowest BCUT2D eigenvalue weighted by molar-refractivity contribution is -0.139. The maximum Gasteiger partial charge on any atom is 0.408 e. The summed E-state index contributed by atoms with van der Waals surface area (Å²) in [6.45, 7) is 11.0. The van der Waals surface area contributed by atoms with Gasteiger partial charge in [0.1, 0.15) is 17.7 Å². The molecule has 38 heavy (non-hydrogen) atoms. The van der Waals surface area contributed by atoms with Crippen LogP contribution in [0.3, 0.4) is 0 Å². The van der Waals surface area contributed by atoms with Crippen LogP contribution in [0.4, 0.5) is 10.5 Å². The predicted molar refractivity (Wildman–Crippen MR) is 155 cm³/mol. The van der Waals surface area contributed by atoms with Crippen LogP contribution in [0.2, 0.25) is 0 Å². The van der Waals surface area contributed by atoms with Crippen LogP contribution in [-0.4, -0.2) is 46.7 Å². The zero-order valence-corrected chi connectivity index (χ0v) is 23.1. The summed E-state index contributed by atoms with van der Waals surface area (Å²) in [5.41, 5.74) is 1.51. The number of carbonyl (C=O) groups is 3. The van der Waals surface area contributed by atoms with Gasteiger partial charge in [-0.3, -0.25) is 9.59 Å². The Morgan fingerprint density at radius 2 is 1.68 bits per heavy atom. The van der Waals surface area contributed by atoms with Crippen molar-refractivity contribution < 1.29 is 19.1 Å². The largest absolute Gasteiger partial charge is 0.444 e. The number of amides is 3. The zero-order valence-electron chi connectivity index (χ0n) is 22.2. The molecule has 3 rings (SSSR count). The number of alkyl carbamates (subject to hydrolysis) is 1. The second-order valence-electron chi connectivity index (χ2n) is 10.0. The van der Waals surface area contributed by atoms with E-state index in [1.807, 2.05) is 73.7 Å². The Morgan fingerprint density at radius 3 is 2.29 bits per heavy atom. The van der Waals surface area contributed by atoms with Crippen molar-refractivity contribution in [3.63, 3.8) is 0 Å². The Morgan fingerprint density at radius 1 is 1.03 bits per heavy atom. The second-order valence-corrected chi connectivity index (χ2v) is 10.4. The lowest BCUT2D eigenvalue weighted by Crippen LogP contribution is -2.53. The molecule has 0 aliphatic rings. The zero-order chi connectivity index (χ0) is 27.9. The smallest absolute Gasteiger partial charge is 0.408 e. The molecule has 0 bridgehead atoms. The predicted octanol–water partition coefficient (Wildman–Crippen LogP) is 5.67. The van der Waals surface area contributed by atoms with E-state index in [-0.39, 0.29) is 12.3 Å². The van der Waals surface area contributed by atoms with Crippen LogP contribution in [-0.2, 0) is 14.3 Å². The van der Waals surface area contributed by atoms with Gasteiger partial charge < -0.3 is 20.3 Å². The lowest BCUT2D eigenvalue weighted by Gasteiger charge is -2.33. The number of fused-ring (bicyclic) bond motifs is 1. The average molecular weight is 534 g/mol. The SMILES string of the molecule is C=CCN(C(=O)C(CS)NC(=O)OC(C)(C)C)C(C(=O)Nc1ccc2ccccc2c1)c1ccc(C)cc1. The van der Waals surface area contributed by atoms with Gasteiger partial charge >= 0.3 is 6.09 Å². The van der Waals surface area contributed by atoms with Crippen molar-refractivity contribution in [1.29, 1.82) is 0 Å². The van der Waals surface area contributed by atoms with Crippen molar-refractivity contribution in [2.45, 2.75) is 45.4 Å². The highest BCUT2D eigenvalue weighted by Gasteiger charge is 2.35. The molecule has 0 spiro atoms. The average Bonchev–Trinajstić information content (AvgIpc) is 2.86. The van der Waals surface area contributed by atoms with E-state index in [0.29, 0.717) is 11.3 Å². The number of nitrogens with one attached hydrogen (secondary N) is 2. The number of hydrogen-bond donors (Lipinski definition) is 3. The Kier molecular flexibility index (Phi) is 9.58. The number of hydrogen-bond acceptors (Lipinski definition) is 5. The van der Waals surface area contributed by atoms with Crippen molar-refractivity contribution in [2.24, 2.45) is 0 Å². The Bertz CT molecular complexity index is 1300. The van der Waals surface area contributed by atoms with Gasteiger partial charge in [-0.1, -0.05) is 66.2 Å². The first-order chi connectivity index (χ1) is 18.0. The van der Waals surface area contributed by atoms with Crippen molar-refractivity contribution >= 4 is 47.0 Å². The molecule has 3 amide bonds. The van der Waals surface area contributed by atoms with Crippen molar-refractivity contribution in [2.75, 3.05) is 17.6 Å². The Labute approximate surface area is 229 Å². The molecule has 7 nitrogen and oxygen atoms in total. The highest BCUT2D eigenvalue weighted by molar-refractivity contribution is 7.80. The Hall–Kier alpha value is -3.78. The first kappa shape index (κ1) is 28.8. The summed E-state index contributed by atoms with van der Waals surface area (Å²) in [4.78, 5) is 41.4. The third-order valence-corrected chi connectivity index (χ3v) is 6.12. The summed E-state index contributed by atoms with van der Waals surface area (Å²) in [7, 11) is 0. The second kappa shape index (κ2) is 12.6. The van der Waals surface area contributed by atoms with E-state index < -0.39 is 35.6 Å².